The molecule has 0 aliphatic heterocycles. The monoisotopic (exact) mass is 270 g/mol. The van der Waals surface area contributed by atoms with Gasteiger partial charge < -0.3 is 29.0 Å². The quantitative estimate of drug-likeness (QED) is 0.461. The van der Waals surface area contributed by atoms with Crippen LogP contribution >= 0.6 is 0 Å². The first-order chi connectivity index (χ1) is 9.19. The molecule has 7 heteroatoms. The van der Waals surface area contributed by atoms with Crippen molar-refractivity contribution in [2.24, 2.45) is 0 Å². The second kappa shape index (κ2) is 8.76. The van der Waals surface area contributed by atoms with Crippen molar-refractivity contribution in [3.63, 3.8) is 0 Å². The molecule has 19 heavy (non-hydrogen) atoms. The Labute approximate surface area is 113 Å². The van der Waals surface area contributed by atoms with E-state index in [0.29, 0.717) is 43.4 Å². The maximum absolute atomic E-state index is 9.14. The number of ether oxygens (including phenoxy) is 4. The van der Waals surface area contributed by atoms with Crippen LogP contribution in [0.25, 0.3) is 0 Å². The number of benzene rings is 1. The molecule has 1 aromatic rings. The van der Waals surface area contributed by atoms with Gasteiger partial charge in [0.25, 0.3) is 0 Å². The van der Waals surface area contributed by atoms with E-state index in [0.717, 1.165) is 0 Å². The van der Waals surface area contributed by atoms with Gasteiger partial charge in [0, 0.05) is 14.2 Å². The highest BCUT2D eigenvalue weighted by atomic mass is 16.5. The highest BCUT2D eigenvalue weighted by Crippen LogP contribution is 2.25. The van der Waals surface area contributed by atoms with Crippen molar-refractivity contribution in [3.05, 3.63) is 18.2 Å². The molecule has 0 unspecified atom stereocenters. The van der Waals surface area contributed by atoms with Gasteiger partial charge in [-0.2, -0.15) is 0 Å². The molecule has 0 amide bonds. The molecule has 0 aliphatic rings. The van der Waals surface area contributed by atoms with Crippen LogP contribution in [-0.2, 0) is 9.47 Å². The highest BCUT2D eigenvalue weighted by Gasteiger charge is 2.15. The minimum Gasteiger partial charge on any atom is -0.487 e. The number of methoxy groups -OCH3 is 2. The fourth-order valence-electron chi connectivity index (χ4n) is 1.39. The first-order valence-corrected chi connectivity index (χ1v) is 5.92. The van der Waals surface area contributed by atoms with Gasteiger partial charge in [-0.05, 0) is 17.6 Å². The van der Waals surface area contributed by atoms with Crippen LogP contribution in [0.1, 0.15) is 0 Å². The Bertz CT molecular complexity index is 371. The van der Waals surface area contributed by atoms with Crippen LogP contribution in [-0.4, -0.2) is 57.8 Å². The van der Waals surface area contributed by atoms with Gasteiger partial charge in [0.15, 0.2) is 11.5 Å². The Morgan fingerprint density at radius 2 is 1.47 bits per heavy atom. The Balaban J connectivity index is 2.75. The van der Waals surface area contributed by atoms with Gasteiger partial charge in [0.2, 0.25) is 0 Å². The summed E-state index contributed by atoms with van der Waals surface area (Å²) in [5.41, 5.74) is 0.339. The summed E-state index contributed by atoms with van der Waals surface area (Å²) >= 11 is 0. The summed E-state index contributed by atoms with van der Waals surface area (Å²) in [6.45, 7) is 1.63. The van der Waals surface area contributed by atoms with E-state index in [1.165, 1.54) is 6.07 Å². The molecule has 106 valence electrons. The summed E-state index contributed by atoms with van der Waals surface area (Å²) in [5.74, 6) is 0.969. The summed E-state index contributed by atoms with van der Waals surface area (Å²) in [5, 5.41) is 18.3. The molecule has 0 bridgehead atoms. The lowest BCUT2D eigenvalue weighted by molar-refractivity contribution is 0.132. The lowest BCUT2D eigenvalue weighted by Gasteiger charge is -2.13. The van der Waals surface area contributed by atoms with Crippen molar-refractivity contribution in [2.75, 3.05) is 40.6 Å². The van der Waals surface area contributed by atoms with Crippen LogP contribution in [0, 0.1) is 0 Å². The molecule has 0 aromatic heterocycles. The van der Waals surface area contributed by atoms with E-state index in [9.17, 15) is 0 Å². The van der Waals surface area contributed by atoms with Crippen molar-refractivity contribution < 1.29 is 29.0 Å². The normalized spacial score (nSPS) is 10.3. The van der Waals surface area contributed by atoms with E-state index in [-0.39, 0.29) is 0 Å². The summed E-state index contributed by atoms with van der Waals surface area (Å²) in [6, 6.07) is 4.73. The van der Waals surface area contributed by atoms with Gasteiger partial charge in [0.05, 0.1) is 13.2 Å². The summed E-state index contributed by atoms with van der Waals surface area (Å²) in [6.07, 6.45) is 0. The standard InChI is InChI=1S/C12H19BO6/c1-16-5-7-18-11-4-3-10(13(14)15)9-12(11)19-8-6-17-2/h3-4,9,14-15H,5-8H2,1-2H3. The SMILES string of the molecule is COCCOc1ccc(B(O)O)cc1OCCOC. The van der Waals surface area contributed by atoms with Crippen molar-refractivity contribution in [2.45, 2.75) is 0 Å². The van der Waals surface area contributed by atoms with E-state index < -0.39 is 7.12 Å². The molecule has 0 heterocycles. The second-order valence-electron chi connectivity index (χ2n) is 3.76. The van der Waals surface area contributed by atoms with Gasteiger partial charge in [0.1, 0.15) is 13.2 Å². The number of hydrogen-bond acceptors (Lipinski definition) is 6. The van der Waals surface area contributed by atoms with E-state index in [4.69, 9.17) is 29.0 Å². The first-order valence-electron chi connectivity index (χ1n) is 5.92. The minimum atomic E-state index is -1.54. The smallest absolute Gasteiger partial charge is 0.487 e. The summed E-state index contributed by atoms with van der Waals surface area (Å²) < 4.78 is 20.8. The van der Waals surface area contributed by atoms with Crippen molar-refractivity contribution >= 4 is 12.6 Å². The van der Waals surface area contributed by atoms with Crippen molar-refractivity contribution in [3.8, 4) is 11.5 Å². The third-order valence-electron chi connectivity index (χ3n) is 2.36. The first kappa shape index (κ1) is 15.8. The molecule has 2 N–H and O–H groups in total. The Morgan fingerprint density at radius 1 is 0.895 bits per heavy atom. The van der Waals surface area contributed by atoms with E-state index in [1.54, 1.807) is 26.4 Å². The average Bonchev–Trinajstić information content (AvgIpc) is 2.40. The van der Waals surface area contributed by atoms with E-state index >= 15 is 0 Å². The maximum atomic E-state index is 9.14. The third-order valence-corrected chi connectivity index (χ3v) is 2.36. The maximum Gasteiger partial charge on any atom is 0.488 e. The van der Waals surface area contributed by atoms with E-state index in [2.05, 4.69) is 0 Å². The average molecular weight is 270 g/mol. The van der Waals surface area contributed by atoms with Gasteiger partial charge in [-0.3, -0.25) is 0 Å². The molecule has 0 saturated carbocycles. The molecular formula is C12H19BO6. The highest BCUT2D eigenvalue weighted by molar-refractivity contribution is 6.58. The predicted molar refractivity (Wildman–Crippen MR) is 71.0 cm³/mol. The van der Waals surface area contributed by atoms with Crippen LogP contribution in [0.2, 0.25) is 0 Å². The van der Waals surface area contributed by atoms with Gasteiger partial charge in [-0.15, -0.1) is 0 Å². The van der Waals surface area contributed by atoms with Crippen LogP contribution in [0.4, 0.5) is 0 Å². The van der Waals surface area contributed by atoms with Gasteiger partial charge in [-0.1, -0.05) is 6.07 Å². The Hall–Kier alpha value is -1.28. The Morgan fingerprint density at radius 3 is 2.00 bits per heavy atom. The second-order valence-corrected chi connectivity index (χ2v) is 3.76. The largest absolute Gasteiger partial charge is 0.488 e. The number of hydrogen-bond donors (Lipinski definition) is 2. The Kier molecular flexibility index (Phi) is 7.28. The van der Waals surface area contributed by atoms with Gasteiger partial charge in [-0.25, -0.2) is 0 Å². The molecule has 6 nitrogen and oxygen atoms in total. The molecule has 0 radical (unpaired) electrons. The van der Waals surface area contributed by atoms with Crippen LogP contribution in [0.5, 0.6) is 11.5 Å². The number of rotatable bonds is 9. The molecular weight excluding hydrogens is 251 g/mol. The molecule has 0 saturated heterocycles. The lowest BCUT2D eigenvalue weighted by atomic mass is 9.80. The van der Waals surface area contributed by atoms with E-state index in [1.807, 2.05) is 0 Å². The molecule has 0 spiro atoms. The summed E-state index contributed by atoms with van der Waals surface area (Å²) in [7, 11) is 1.62. The van der Waals surface area contributed by atoms with Crippen LogP contribution in [0.3, 0.4) is 0 Å². The molecule has 0 atom stereocenters. The minimum absolute atomic E-state index is 0.339. The zero-order valence-corrected chi connectivity index (χ0v) is 11.2. The fourth-order valence-corrected chi connectivity index (χ4v) is 1.39. The zero-order chi connectivity index (χ0) is 14.1. The molecule has 1 rings (SSSR count). The van der Waals surface area contributed by atoms with Crippen molar-refractivity contribution in [1.82, 2.24) is 0 Å². The zero-order valence-electron chi connectivity index (χ0n) is 11.2. The lowest BCUT2D eigenvalue weighted by Crippen LogP contribution is -2.29. The van der Waals surface area contributed by atoms with Crippen molar-refractivity contribution in [1.29, 1.82) is 0 Å². The third kappa shape index (κ3) is 5.48. The molecule has 0 aliphatic carbocycles. The molecule has 0 fully saturated rings. The van der Waals surface area contributed by atoms with Gasteiger partial charge >= 0.3 is 7.12 Å². The predicted octanol–water partition coefficient (Wildman–Crippen LogP) is -0.583. The van der Waals surface area contributed by atoms with Crippen LogP contribution in [0.15, 0.2) is 18.2 Å². The fraction of sp³-hybridized carbons (Fsp3) is 0.500. The summed E-state index contributed by atoms with van der Waals surface area (Å²) in [4.78, 5) is 0. The topological polar surface area (TPSA) is 77.4 Å². The van der Waals surface area contributed by atoms with Crippen LogP contribution < -0.4 is 14.9 Å². The molecule has 1 aromatic carbocycles.